The quantitative estimate of drug-likeness (QED) is 0.565. The maximum Gasteiger partial charge on any atom is 0.306 e. The molecule has 0 bridgehead atoms. The van der Waals surface area contributed by atoms with Crippen molar-refractivity contribution in [3.8, 4) is 0 Å². The molecule has 1 aliphatic rings. The number of hydrogen-bond donors (Lipinski definition) is 3. The molecule has 0 aromatic rings. The number of aliphatic carboxylic acids is 1. The largest absolute Gasteiger partial charge is 0.481 e. The molecule has 2 atom stereocenters. The summed E-state index contributed by atoms with van der Waals surface area (Å²) in [5, 5.41) is 9.14. The first-order valence-corrected chi connectivity index (χ1v) is 7.88. The normalized spacial score (nSPS) is 21.1. The minimum absolute atomic E-state index is 0.235. The standard InChI is InChI=1S/C15H29N3O2/c16-11-5-7-12(15(19)20)6-1-2-8-13-9-3-4-10-14(17)18-13/h12-13H,1-11,16H2,(H2,17,18)(H,19,20). The van der Waals surface area contributed by atoms with Crippen LogP contribution in [-0.2, 0) is 4.79 Å². The summed E-state index contributed by atoms with van der Waals surface area (Å²) < 4.78 is 0. The first-order valence-electron chi connectivity index (χ1n) is 7.88. The van der Waals surface area contributed by atoms with Crippen molar-refractivity contribution in [2.45, 2.75) is 70.3 Å². The number of nitrogens with two attached hydrogens (primary N) is 2. The predicted octanol–water partition coefficient (Wildman–Crippen LogP) is 2.29. The third kappa shape index (κ3) is 6.89. The second kappa shape index (κ2) is 9.75. The van der Waals surface area contributed by atoms with Crippen molar-refractivity contribution in [1.29, 1.82) is 0 Å². The number of unbranched alkanes of at least 4 members (excludes halogenated alkanes) is 1. The minimum atomic E-state index is -0.685. The molecule has 0 aromatic heterocycles. The second-order valence-electron chi connectivity index (χ2n) is 5.77. The molecule has 0 amide bonds. The zero-order valence-corrected chi connectivity index (χ0v) is 12.4. The van der Waals surface area contributed by atoms with E-state index in [1.807, 2.05) is 0 Å². The van der Waals surface area contributed by atoms with E-state index in [1.165, 1.54) is 6.42 Å². The van der Waals surface area contributed by atoms with E-state index in [9.17, 15) is 4.79 Å². The van der Waals surface area contributed by atoms with Crippen LogP contribution < -0.4 is 11.5 Å². The van der Waals surface area contributed by atoms with Crippen LogP contribution in [0.5, 0.6) is 0 Å². The fraction of sp³-hybridized carbons (Fsp3) is 0.867. The van der Waals surface area contributed by atoms with E-state index >= 15 is 0 Å². The zero-order chi connectivity index (χ0) is 14.8. The van der Waals surface area contributed by atoms with Gasteiger partial charge in [-0.05, 0) is 45.1 Å². The molecule has 0 saturated carbocycles. The Morgan fingerprint density at radius 3 is 2.75 bits per heavy atom. The third-order valence-electron chi connectivity index (χ3n) is 4.01. The molecular formula is C15H29N3O2. The van der Waals surface area contributed by atoms with Gasteiger partial charge in [0.15, 0.2) is 0 Å². The van der Waals surface area contributed by atoms with E-state index < -0.39 is 5.97 Å². The van der Waals surface area contributed by atoms with Crippen LogP contribution in [-0.4, -0.2) is 29.5 Å². The van der Waals surface area contributed by atoms with Crippen LogP contribution >= 0.6 is 0 Å². The summed E-state index contributed by atoms with van der Waals surface area (Å²) in [7, 11) is 0. The first kappa shape index (κ1) is 17.0. The number of carboxylic acid groups (broad SMARTS) is 1. The van der Waals surface area contributed by atoms with E-state index in [1.54, 1.807) is 0 Å². The molecule has 5 nitrogen and oxygen atoms in total. The van der Waals surface area contributed by atoms with Crippen molar-refractivity contribution >= 4 is 11.8 Å². The van der Waals surface area contributed by atoms with Gasteiger partial charge in [-0.15, -0.1) is 0 Å². The Balaban J connectivity index is 2.22. The molecule has 0 spiro atoms. The highest BCUT2D eigenvalue weighted by Gasteiger charge is 2.17. The molecule has 2 unspecified atom stereocenters. The Hall–Kier alpha value is -1.10. The maximum absolute atomic E-state index is 11.1. The van der Waals surface area contributed by atoms with E-state index in [4.69, 9.17) is 16.6 Å². The molecule has 0 aromatic carbocycles. The van der Waals surface area contributed by atoms with Crippen molar-refractivity contribution in [2.75, 3.05) is 6.54 Å². The fourth-order valence-corrected chi connectivity index (χ4v) is 2.78. The fourth-order valence-electron chi connectivity index (χ4n) is 2.78. The Morgan fingerprint density at radius 2 is 2.05 bits per heavy atom. The van der Waals surface area contributed by atoms with E-state index in [-0.39, 0.29) is 5.92 Å². The molecule has 0 fully saturated rings. The van der Waals surface area contributed by atoms with Gasteiger partial charge in [0.1, 0.15) is 0 Å². The number of hydrogen-bond acceptors (Lipinski definition) is 4. The number of rotatable bonds is 9. The van der Waals surface area contributed by atoms with Gasteiger partial charge in [0.25, 0.3) is 0 Å². The Morgan fingerprint density at radius 1 is 1.30 bits per heavy atom. The zero-order valence-electron chi connectivity index (χ0n) is 12.4. The lowest BCUT2D eigenvalue weighted by atomic mass is 9.95. The van der Waals surface area contributed by atoms with E-state index in [0.29, 0.717) is 19.0 Å². The molecule has 0 radical (unpaired) electrons. The Labute approximate surface area is 121 Å². The smallest absolute Gasteiger partial charge is 0.306 e. The molecule has 0 aliphatic carbocycles. The minimum Gasteiger partial charge on any atom is -0.481 e. The average molecular weight is 283 g/mol. The highest BCUT2D eigenvalue weighted by Crippen LogP contribution is 2.20. The highest BCUT2D eigenvalue weighted by atomic mass is 16.4. The monoisotopic (exact) mass is 283 g/mol. The summed E-state index contributed by atoms with van der Waals surface area (Å²) >= 11 is 0. The lowest BCUT2D eigenvalue weighted by Crippen LogP contribution is -2.16. The van der Waals surface area contributed by atoms with Gasteiger partial charge in [-0.1, -0.05) is 19.3 Å². The van der Waals surface area contributed by atoms with Gasteiger partial charge in [0, 0.05) is 6.42 Å². The van der Waals surface area contributed by atoms with Gasteiger partial charge < -0.3 is 16.6 Å². The van der Waals surface area contributed by atoms with Crippen LogP contribution in [0.1, 0.15) is 64.2 Å². The van der Waals surface area contributed by atoms with Gasteiger partial charge >= 0.3 is 5.97 Å². The Bertz CT molecular complexity index is 318. The van der Waals surface area contributed by atoms with E-state index in [0.717, 1.165) is 57.2 Å². The van der Waals surface area contributed by atoms with Gasteiger partial charge in [-0.2, -0.15) is 0 Å². The maximum atomic E-state index is 11.1. The number of aliphatic imine (C=N–C) groups is 1. The molecule has 5 heteroatoms. The molecule has 1 rings (SSSR count). The Kier molecular flexibility index (Phi) is 8.26. The molecule has 5 N–H and O–H groups in total. The van der Waals surface area contributed by atoms with Crippen molar-refractivity contribution < 1.29 is 9.90 Å². The summed E-state index contributed by atoms with van der Waals surface area (Å²) in [4.78, 5) is 15.6. The predicted molar refractivity (Wildman–Crippen MR) is 81.8 cm³/mol. The lowest BCUT2D eigenvalue weighted by molar-refractivity contribution is -0.142. The number of amidine groups is 1. The van der Waals surface area contributed by atoms with Gasteiger partial charge in [0.05, 0.1) is 17.8 Å². The van der Waals surface area contributed by atoms with Crippen molar-refractivity contribution in [2.24, 2.45) is 22.4 Å². The third-order valence-corrected chi connectivity index (χ3v) is 4.01. The molecular weight excluding hydrogens is 254 g/mol. The molecule has 0 saturated heterocycles. The topological polar surface area (TPSA) is 102 Å². The van der Waals surface area contributed by atoms with Crippen LogP contribution in [0.3, 0.4) is 0 Å². The van der Waals surface area contributed by atoms with Crippen molar-refractivity contribution in [1.82, 2.24) is 0 Å². The number of carbonyl (C=O) groups is 1. The van der Waals surface area contributed by atoms with Crippen molar-refractivity contribution in [3.05, 3.63) is 0 Å². The summed E-state index contributed by atoms with van der Waals surface area (Å²) in [5.74, 6) is -0.129. The summed E-state index contributed by atoms with van der Waals surface area (Å²) in [6, 6.07) is 0.352. The van der Waals surface area contributed by atoms with E-state index in [2.05, 4.69) is 4.99 Å². The molecule has 20 heavy (non-hydrogen) atoms. The SMILES string of the molecule is NCCCC(CCCCC1CCCCC(N)=N1)C(=O)O. The molecule has 1 aliphatic heterocycles. The average Bonchev–Trinajstić information content (AvgIpc) is 2.62. The van der Waals surface area contributed by atoms with Crippen LogP contribution in [0, 0.1) is 5.92 Å². The molecule has 1 heterocycles. The summed E-state index contributed by atoms with van der Waals surface area (Å²) in [6.07, 6.45) is 9.65. The van der Waals surface area contributed by atoms with Crippen LogP contribution in [0.2, 0.25) is 0 Å². The highest BCUT2D eigenvalue weighted by molar-refractivity contribution is 5.80. The molecule has 116 valence electrons. The lowest BCUT2D eigenvalue weighted by Gasteiger charge is -2.13. The summed E-state index contributed by atoms with van der Waals surface area (Å²) in [6.45, 7) is 0.569. The van der Waals surface area contributed by atoms with Crippen LogP contribution in [0.15, 0.2) is 4.99 Å². The van der Waals surface area contributed by atoms with Crippen LogP contribution in [0.25, 0.3) is 0 Å². The van der Waals surface area contributed by atoms with Crippen molar-refractivity contribution in [3.63, 3.8) is 0 Å². The van der Waals surface area contributed by atoms with Gasteiger partial charge in [-0.3, -0.25) is 9.79 Å². The summed E-state index contributed by atoms with van der Waals surface area (Å²) in [5.41, 5.74) is 11.3. The van der Waals surface area contributed by atoms with Gasteiger partial charge in [0.2, 0.25) is 0 Å². The van der Waals surface area contributed by atoms with Gasteiger partial charge in [-0.25, -0.2) is 0 Å². The van der Waals surface area contributed by atoms with Crippen LogP contribution in [0.4, 0.5) is 0 Å². The second-order valence-corrected chi connectivity index (χ2v) is 5.77. The number of carboxylic acids is 1. The first-order chi connectivity index (χ1) is 9.63. The number of nitrogens with zero attached hydrogens (tertiary/aromatic N) is 1.